The third-order valence-electron chi connectivity index (χ3n) is 3.06. The molecule has 0 spiro atoms. The topological polar surface area (TPSA) is 0 Å². The zero-order chi connectivity index (χ0) is 9.14. The lowest BCUT2D eigenvalue weighted by molar-refractivity contribution is 0.622. The van der Waals surface area contributed by atoms with Gasteiger partial charge in [0.25, 0.3) is 0 Å². The van der Waals surface area contributed by atoms with Crippen molar-refractivity contribution in [1.82, 2.24) is 0 Å². The van der Waals surface area contributed by atoms with Crippen LogP contribution in [0.15, 0.2) is 22.8 Å². The minimum absolute atomic E-state index is 0.755. The van der Waals surface area contributed by atoms with Gasteiger partial charge in [0, 0.05) is 0 Å². The molecule has 1 unspecified atom stereocenters. The van der Waals surface area contributed by atoms with E-state index in [-0.39, 0.29) is 0 Å². The smallest absolute Gasteiger partial charge is 0.00144 e. The van der Waals surface area contributed by atoms with Crippen LogP contribution < -0.4 is 0 Å². The van der Waals surface area contributed by atoms with E-state index < -0.39 is 0 Å². The van der Waals surface area contributed by atoms with Crippen LogP contribution in [0.3, 0.4) is 0 Å². The summed E-state index contributed by atoms with van der Waals surface area (Å²) >= 11 is 0. The van der Waals surface area contributed by atoms with E-state index in [0.717, 1.165) is 5.92 Å². The van der Waals surface area contributed by atoms with Gasteiger partial charge in [-0.15, -0.1) is 0 Å². The lowest BCUT2D eigenvalue weighted by Gasteiger charge is -2.08. The number of rotatable bonds is 3. The first kappa shape index (κ1) is 9.57. The normalized spacial score (nSPS) is 23.3. The summed E-state index contributed by atoms with van der Waals surface area (Å²) < 4.78 is 0. The van der Waals surface area contributed by atoms with Crippen LogP contribution in [0.5, 0.6) is 0 Å². The standard InChI is InChI=1S/C12H20/c1-5-6-7-12-8-9(2)10(3)11(12)4/h8,12H,5-7H2,1-4H3. The van der Waals surface area contributed by atoms with Crippen LogP contribution in [-0.2, 0) is 0 Å². The van der Waals surface area contributed by atoms with E-state index in [1.807, 2.05) is 0 Å². The van der Waals surface area contributed by atoms with Gasteiger partial charge in [0.1, 0.15) is 0 Å². The summed E-state index contributed by atoms with van der Waals surface area (Å²) in [5.74, 6) is 0.755. The minimum atomic E-state index is 0.755. The monoisotopic (exact) mass is 164 g/mol. The van der Waals surface area contributed by atoms with Crippen LogP contribution in [0, 0.1) is 5.92 Å². The predicted octanol–water partition coefficient (Wildman–Crippen LogP) is 4.09. The molecule has 1 aliphatic carbocycles. The van der Waals surface area contributed by atoms with E-state index in [4.69, 9.17) is 0 Å². The third kappa shape index (κ3) is 1.80. The maximum atomic E-state index is 2.43. The van der Waals surface area contributed by atoms with Crippen molar-refractivity contribution in [2.75, 3.05) is 0 Å². The summed E-state index contributed by atoms with van der Waals surface area (Å²) in [6.07, 6.45) is 6.45. The van der Waals surface area contributed by atoms with Crippen LogP contribution >= 0.6 is 0 Å². The molecular weight excluding hydrogens is 144 g/mol. The number of hydrogen-bond donors (Lipinski definition) is 0. The van der Waals surface area contributed by atoms with Crippen molar-refractivity contribution in [3.63, 3.8) is 0 Å². The molecule has 0 amide bonds. The molecule has 0 N–H and O–H groups in total. The molecule has 0 fully saturated rings. The Morgan fingerprint density at radius 3 is 2.33 bits per heavy atom. The second-order valence-electron chi connectivity index (χ2n) is 3.91. The van der Waals surface area contributed by atoms with E-state index in [9.17, 15) is 0 Å². The van der Waals surface area contributed by atoms with Crippen molar-refractivity contribution >= 4 is 0 Å². The second kappa shape index (κ2) is 3.93. The van der Waals surface area contributed by atoms with E-state index in [0.29, 0.717) is 0 Å². The average molecular weight is 164 g/mol. The third-order valence-corrected chi connectivity index (χ3v) is 3.06. The minimum Gasteiger partial charge on any atom is -0.0741 e. The zero-order valence-electron chi connectivity index (χ0n) is 8.78. The molecule has 0 bridgehead atoms. The molecule has 0 aromatic carbocycles. The number of hydrogen-bond acceptors (Lipinski definition) is 0. The molecule has 0 nitrogen and oxygen atoms in total. The van der Waals surface area contributed by atoms with E-state index in [1.165, 1.54) is 30.4 Å². The fourth-order valence-electron chi connectivity index (χ4n) is 1.86. The molecule has 68 valence electrons. The van der Waals surface area contributed by atoms with Gasteiger partial charge < -0.3 is 0 Å². The van der Waals surface area contributed by atoms with Crippen molar-refractivity contribution in [1.29, 1.82) is 0 Å². The van der Waals surface area contributed by atoms with Gasteiger partial charge in [-0.05, 0) is 38.7 Å². The fourth-order valence-corrected chi connectivity index (χ4v) is 1.86. The highest BCUT2D eigenvalue weighted by molar-refractivity contribution is 5.41. The van der Waals surface area contributed by atoms with Crippen LogP contribution in [0.4, 0.5) is 0 Å². The highest BCUT2D eigenvalue weighted by atomic mass is 14.2. The van der Waals surface area contributed by atoms with Crippen molar-refractivity contribution < 1.29 is 0 Å². The van der Waals surface area contributed by atoms with Crippen molar-refractivity contribution in [2.24, 2.45) is 5.92 Å². The van der Waals surface area contributed by atoms with Crippen molar-refractivity contribution in [3.8, 4) is 0 Å². The second-order valence-corrected chi connectivity index (χ2v) is 3.91. The van der Waals surface area contributed by atoms with E-state index in [1.54, 1.807) is 5.57 Å². The van der Waals surface area contributed by atoms with Gasteiger partial charge in [0.2, 0.25) is 0 Å². The largest absolute Gasteiger partial charge is 0.0741 e. The molecule has 1 aliphatic rings. The van der Waals surface area contributed by atoms with Crippen molar-refractivity contribution in [2.45, 2.75) is 47.0 Å². The average Bonchev–Trinajstić information content (AvgIpc) is 2.30. The first-order valence-corrected chi connectivity index (χ1v) is 5.03. The van der Waals surface area contributed by atoms with Gasteiger partial charge in [-0.25, -0.2) is 0 Å². The Hall–Kier alpha value is -0.520. The molecule has 0 saturated heterocycles. The summed E-state index contributed by atoms with van der Waals surface area (Å²) in [4.78, 5) is 0. The van der Waals surface area contributed by atoms with Gasteiger partial charge >= 0.3 is 0 Å². The molecule has 1 atom stereocenters. The molecule has 0 heteroatoms. The van der Waals surface area contributed by atoms with Crippen LogP contribution in [0.2, 0.25) is 0 Å². The summed E-state index contributed by atoms with van der Waals surface area (Å²) in [5.41, 5.74) is 4.62. The van der Waals surface area contributed by atoms with Gasteiger partial charge in [-0.3, -0.25) is 0 Å². The molecule has 12 heavy (non-hydrogen) atoms. The molecule has 0 radical (unpaired) electrons. The lowest BCUT2D eigenvalue weighted by atomic mass is 9.97. The number of unbranched alkanes of at least 4 members (excludes halogenated alkanes) is 1. The van der Waals surface area contributed by atoms with E-state index in [2.05, 4.69) is 33.8 Å². The first-order valence-electron chi connectivity index (χ1n) is 5.03. The first-order chi connectivity index (χ1) is 5.66. The highest BCUT2D eigenvalue weighted by Gasteiger charge is 2.16. The summed E-state index contributed by atoms with van der Waals surface area (Å²) in [5, 5.41) is 0. The molecule has 1 rings (SSSR count). The molecule has 0 heterocycles. The number of allylic oxidation sites excluding steroid dienone is 4. The molecular formula is C12H20. The molecule has 0 aliphatic heterocycles. The predicted molar refractivity (Wildman–Crippen MR) is 55.1 cm³/mol. The summed E-state index contributed by atoms with van der Waals surface area (Å²) in [6.45, 7) is 9.01. The quantitative estimate of drug-likeness (QED) is 0.589. The SMILES string of the molecule is CCCCC1C=C(C)C(C)=C1C. The Morgan fingerprint density at radius 1 is 1.25 bits per heavy atom. The van der Waals surface area contributed by atoms with Crippen LogP contribution in [0.25, 0.3) is 0 Å². The van der Waals surface area contributed by atoms with E-state index >= 15 is 0 Å². The highest BCUT2D eigenvalue weighted by Crippen LogP contribution is 2.33. The zero-order valence-corrected chi connectivity index (χ0v) is 8.78. The Balaban J connectivity index is 2.59. The van der Waals surface area contributed by atoms with Crippen LogP contribution in [-0.4, -0.2) is 0 Å². The fraction of sp³-hybridized carbons (Fsp3) is 0.667. The van der Waals surface area contributed by atoms with Crippen molar-refractivity contribution in [3.05, 3.63) is 22.8 Å². The van der Waals surface area contributed by atoms with Gasteiger partial charge in [-0.1, -0.05) is 37.0 Å². The van der Waals surface area contributed by atoms with Gasteiger partial charge in [0.15, 0.2) is 0 Å². The molecule has 0 aromatic rings. The lowest BCUT2D eigenvalue weighted by Crippen LogP contribution is -1.94. The van der Waals surface area contributed by atoms with Gasteiger partial charge in [-0.2, -0.15) is 0 Å². The Morgan fingerprint density at radius 2 is 1.92 bits per heavy atom. The Kier molecular flexibility index (Phi) is 3.13. The summed E-state index contributed by atoms with van der Waals surface area (Å²) in [6, 6.07) is 0. The van der Waals surface area contributed by atoms with Crippen LogP contribution in [0.1, 0.15) is 47.0 Å². The summed E-state index contributed by atoms with van der Waals surface area (Å²) in [7, 11) is 0. The maximum absolute atomic E-state index is 2.43. The van der Waals surface area contributed by atoms with Gasteiger partial charge in [0.05, 0.1) is 0 Å². The Bertz CT molecular complexity index is 218. The molecule has 0 aromatic heterocycles. The molecule has 0 saturated carbocycles. The maximum Gasteiger partial charge on any atom is -0.00144 e. The Labute approximate surface area is 76.4 Å².